The first-order valence-electron chi connectivity index (χ1n) is 5.74. The Hall–Kier alpha value is -0.780. The first kappa shape index (κ1) is 15.3. The second-order valence-electron chi connectivity index (χ2n) is 3.57. The van der Waals surface area contributed by atoms with E-state index >= 15 is 0 Å². The number of rotatable bonds is 9. The minimum absolute atomic E-state index is 0.492. The summed E-state index contributed by atoms with van der Waals surface area (Å²) in [6.07, 6.45) is 0. The van der Waals surface area contributed by atoms with Crippen LogP contribution in [0.3, 0.4) is 0 Å². The minimum atomic E-state index is 0.492. The lowest BCUT2D eigenvalue weighted by molar-refractivity contribution is 0.0540. The van der Waals surface area contributed by atoms with Gasteiger partial charge in [-0.05, 0) is 17.7 Å². The summed E-state index contributed by atoms with van der Waals surface area (Å²) in [4.78, 5) is 0. The third kappa shape index (κ3) is 5.25. The van der Waals surface area contributed by atoms with Crippen LogP contribution in [0.4, 0.5) is 0 Å². The van der Waals surface area contributed by atoms with Gasteiger partial charge in [-0.25, -0.2) is 0 Å². The van der Waals surface area contributed by atoms with Crippen molar-refractivity contribution in [2.45, 2.75) is 5.33 Å². The molecule has 1 aromatic carbocycles. The monoisotopic (exact) mass is 318 g/mol. The van der Waals surface area contributed by atoms with Crippen molar-refractivity contribution in [3.05, 3.63) is 23.8 Å². The van der Waals surface area contributed by atoms with E-state index in [0.29, 0.717) is 26.4 Å². The molecule has 0 N–H and O–H groups in total. The lowest BCUT2D eigenvalue weighted by Gasteiger charge is -2.12. The molecule has 1 aromatic rings. The normalized spacial score (nSPS) is 10.4. The largest absolute Gasteiger partial charge is 0.493 e. The molecule has 0 spiro atoms. The maximum atomic E-state index is 5.64. The molecule has 102 valence electrons. The molecule has 18 heavy (non-hydrogen) atoms. The highest BCUT2D eigenvalue weighted by atomic mass is 79.9. The van der Waals surface area contributed by atoms with Crippen LogP contribution >= 0.6 is 15.9 Å². The summed E-state index contributed by atoms with van der Waals surface area (Å²) in [6.45, 7) is 2.21. The molecule has 0 heterocycles. The van der Waals surface area contributed by atoms with Crippen molar-refractivity contribution in [2.75, 3.05) is 40.6 Å². The van der Waals surface area contributed by atoms with Gasteiger partial charge in [0, 0.05) is 12.4 Å². The molecule has 0 saturated carbocycles. The Morgan fingerprint density at radius 2 is 1.78 bits per heavy atom. The van der Waals surface area contributed by atoms with Gasteiger partial charge in [-0.15, -0.1) is 0 Å². The van der Waals surface area contributed by atoms with Gasteiger partial charge in [0.2, 0.25) is 0 Å². The third-order valence-electron chi connectivity index (χ3n) is 2.30. The van der Waals surface area contributed by atoms with E-state index in [4.69, 9.17) is 18.9 Å². The van der Waals surface area contributed by atoms with Crippen LogP contribution in [0.1, 0.15) is 5.56 Å². The first-order valence-corrected chi connectivity index (χ1v) is 6.86. The maximum Gasteiger partial charge on any atom is 0.161 e. The molecule has 5 heteroatoms. The average Bonchev–Trinajstić information content (AvgIpc) is 2.42. The number of hydrogen-bond acceptors (Lipinski definition) is 4. The Bertz CT molecular complexity index is 344. The van der Waals surface area contributed by atoms with Crippen molar-refractivity contribution in [3.63, 3.8) is 0 Å². The molecule has 0 atom stereocenters. The van der Waals surface area contributed by atoms with Gasteiger partial charge in [-0.2, -0.15) is 0 Å². The van der Waals surface area contributed by atoms with E-state index < -0.39 is 0 Å². The van der Waals surface area contributed by atoms with Crippen LogP contribution in [0.15, 0.2) is 18.2 Å². The number of alkyl halides is 1. The fourth-order valence-electron chi connectivity index (χ4n) is 1.37. The highest BCUT2D eigenvalue weighted by Gasteiger charge is 2.05. The smallest absolute Gasteiger partial charge is 0.161 e. The SMILES string of the molecule is COCCOCCOc1cc(CBr)ccc1OC. The van der Waals surface area contributed by atoms with Crippen molar-refractivity contribution in [2.24, 2.45) is 0 Å². The van der Waals surface area contributed by atoms with Crippen LogP contribution in [0.5, 0.6) is 11.5 Å². The van der Waals surface area contributed by atoms with Gasteiger partial charge in [0.15, 0.2) is 11.5 Å². The Morgan fingerprint density at radius 3 is 2.44 bits per heavy atom. The van der Waals surface area contributed by atoms with Gasteiger partial charge < -0.3 is 18.9 Å². The topological polar surface area (TPSA) is 36.9 Å². The van der Waals surface area contributed by atoms with E-state index in [1.54, 1.807) is 14.2 Å². The van der Waals surface area contributed by atoms with Crippen LogP contribution in [0.25, 0.3) is 0 Å². The Balaban J connectivity index is 2.39. The second-order valence-corrected chi connectivity index (χ2v) is 4.13. The summed E-state index contributed by atoms with van der Waals surface area (Å²) in [5.41, 5.74) is 1.14. The van der Waals surface area contributed by atoms with E-state index in [9.17, 15) is 0 Å². The molecule has 0 fully saturated rings. The molecule has 4 nitrogen and oxygen atoms in total. The van der Waals surface area contributed by atoms with E-state index in [2.05, 4.69) is 15.9 Å². The summed E-state index contributed by atoms with van der Waals surface area (Å²) < 4.78 is 21.1. The molecule has 0 amide bonds. The molecule has 0 radical (unpaired) electrons. The molecule has 0 aromatic heterocycles. The average molecular weight is 319 g/mol. The molecule has 1 rings (SSSR count). The predicted molar refractivity (Wildman–Crippen MR) is 73.8 cm³/mol. The minimum Gasteiger partial charge on any atom is -0.493 e. The first-order chi connectivity index (χ1) is 8.81. The lowest BCUT2D eigenvalue weighted by Crippen LogP contribution is -2.10. The van der Waals surface area contributed by atoms with Crippen LogP contribution in [-0.4, -0.2) is 40.6 Å². The summed E-state index contributed by atoms with van der Waals surface area (Å²) >= 11 is 3.41. The molecule has 0 aliphatic heterocycles. The number of benzene rings is 1. The standard InChI is InChI=1S/C13H19BrO4/c1-15-5-6-17-7-8-18-13-9-11(10-14)3-4-12(13)16-2/h3-4,9H,5-8,10H2,1-2H3. The van der Waals surface area contributed by atoms with Crippen LogP contribution in [0.2, 0.25) is 0 Å². The molecular formula is C13H19BrO4. The molecule has 0 aliphatic rings. The van der Waals surface area contributed by atoms with Crippen LogP contribution in [-0.2, 0) is 14.8 Å². The summed E-state index contributed by atoms with van der Waals surface area (Å²) in [7, 11) is 3.28. The fourth-order valence-corrected chi connectivity index (χ4v) is 1.72. The highest BCUT2D eigenvalue weighted by Crippen LogP contribution is 2.28. The van der Waals surface area contributed by atoms with Gasteiger partial charge >= 0.3 is 0 Å². The molecule has 0 aliphatic carbocycles. The van der Waals surface area contributed by atoms with E-state index in [1.807, 2.05) is 18.2 Å². The molecule has 0 bridgehead atoms. The van der Waals surface area contributed by atoms with E-state index in [-0.39, 0.29) is 0 Å². The Labute approximate surface area is 116 Å². The van der Waals surface area contributed by atoms with E-state index in [0.717, 1.165) is 22.4 Å². The van der Waals surface area contributed by atoms with Gasteiger partial charge in [0.05, 0.1) is 26.9 Å². The van der Waals surface area contributed by atoms with E-state index in [1.165, 1.54) is 0 Å². The van der Waals surface area contributed by atoms with Crippen molar-refractivity contribution < 1.29 is 18.9 Å². The molecule has 0 unspecified atom stereocenters. The van der Waals surface area contributed by atoms with Crippen molar-refractivity contribution >= 4 is 15.9 Å². The van der Waals surface area contributed by atoms with Crippen molar-refractivity contribution in [1.82, 2.24) is 0 Å². The Morgan fingerprint density at radius 1 is 1.00 bits per heavy atom. The zero-order valence-electron chi connectivity index (χ0n) is 10.8. The van der Waals surface area contributed by atoms with Crippen LogP contribution < -0.4 is 9.47 Å². The van der Waals surface area contributed by atoms with Crippen LogP contribution in [0, 0.1) is 0 Å². The third-order valence-corrected chi connectivity index (χ3v) is 2.95. The fraction of sp³-hybridized carbons (Fsp3) is 0.538. The predicted octanol–water partition coefficient (Wildman–Crippen LogP) is 2.63. The maximum absolute atomic E-state index is 5.64. The quantitative estimate of drug-likeness (QED) is 0.518. The van der Waals surface area contributed by atoms with Crippen molar-refractivity contribution in [3.8, 4) is 11.5 Å². The zero-order chi connectivity index (χ0) is 13.2. The number of hydrogen-bond donors (Lipinski definition) is 0. The van der Waals surface area contributed by atoms with Gasteiger partial charge in [-0.1, -0.05) is 22.0 Å². The zero-order valence-corrected chi connectivity index (χ0v) is 12.4. The van der Waals surface area contributed by atoms with Gasteiger partial charge in [0.25, 0.3) is 0 Å². The second kappa shape index (κ2) is 9.19. The number of methoxy groups -OCH3 is 2. The Kier molecular flexibility index (Phi) is 7.80. The number of ether oxygens (including phenoxy) is 4. The molecule has 0 saturated heterocycles. The lowest BCUT2D eigenvalue weighted by atomic mass is 10.2. The highest BCUT2D eigenvalue weighted by molar-refractivity contribution is 9.08. The van der Waals surface area contributed by atoms with Crippen molar-refractivity contribution in [1.29, 1.82) is 0 Å². The summed E-state index contributed by atoms with van der Waals surface area (Å²) in [5.74, 6) is 1.47. The molecular weight excluding hydrogens is 300 g/mol. The van der Waals surface area contributed by atoms with Gasteiger partial charge in [-0.3, -0.25) is 0 Å². The summed E-state index contributed by atoms with van der Waals surface area (Å²) in [5, 5.41) is 0.789. The summed E-state index contributed by atoms with van der Waals surface area (Å²) in [6, 6.07) is 5.86. The van der Waals surface area contributed by atoms with Gasteiger partial charge in [0.1, 0.15) is 6.61 Å². The number of halogens is 1.